The van der Waals surface area contributed by atoms with Crippen molar-refractivity contribution in [2.75, 3.05) is 0 Å². The molecular formula is C20H10Na2O4S. The summed E-state index contributed by atoms with van der Waals surface area (Å²) in [5.74, 6) is -1.41. The molecule has 2 aliphatic rings. The number of aromatic carboxylic acids is 1. The summed E-state index contributed by atoms with van der Waals surface area (Å²) >= 11 is 1.34. The topological polar surface area (TPSA) is 80.3 Å². The first-order valence-electron chi connectivity index (χ1n) is 7.53. The van der Waals surface area contributed by atoms with Gasteiger partial charge >= 0.3 is 59.1 Å². The summed E-state index contributed by atoms with van der Waals surface area (Å²) in [4.78, 5) is 24.0. The normalized spacial score (nSPS) is 10.2. The summed E-state index contributed by atoms with van der Waals surface area (Å²) in [6, 6.07) is 15.9. The van der Waals surface area contributed by atoms with Crippen molar-refractivity contribution in [2.24, 2.45) is 0 Å². The fourth-order valence-electron chi connectivity index (χ4n) is 3.02. The Morgan fingerprint density at radius 3 is 2.37 bits per heavy atom. The molecule has 0 spiro atoms. The third-order valence-corrected chi connectivity index (χ3v) is 5.20. The predicted molar refractivity (Wildman–Crippen MR) is 93.9 cm³/mol. The zero-order chi connectivity index (χ0) is 17.6. The van der Waals surface area contributed by atoms with Gasteiger partial charge in [-0.1, -0.05) is 42.5 Å². The van der Waals surface area contributed by atoms with Crippen molar-refractivity contribution in [3.63, 3.8) is 0 Å². The first-order chi connectivity index (χ1) is 12.0. The zero-order valence-corrected chi connectivity index (χ0v) is 19.6. The quantitative estimate of drug-likeness (QED) is 0.262. The Balaban J connectivity index is 0.00000131. The Morgan fingerprint density at radius 2 is 1.63 bits per heavy atom. The minimum Gasteiger partial charge on any atom is -0.872 e. The minimum atomic E-state index is -1.27. The van der Waals surface area contributed by atoms with Gasteiger partial charge in [0, 0.05) is 32.2 Å². The number of rotatable bonds is 2. The molecule has 2 aromatic carbocycles. The maximum absolute atomic E-state index is 11.8. The smallest absolute Gasteiger partial charge is 0.872 e. The van der Waals surface area contributed by atoms with Crippen molar-refractivity contribution in [1.82, 2.24) is 0 Å². The molecule has 2 aromatic rings. The van der Waals surface area contributed by atoms with Crippen molar-refractivity contribution in [3.8, 4) is 27.3 Å². The Bertz CT molecular complexity index is 1170. The van der Waals surface area contributed by atoms with Crippen molar-refractivity contribution in [2.45, 2.75) is 0 Å². The Kier molecular flexibility index (Phi) is 7.27. The molecule has 0 saturated heterocycles. The van der Waals surface area contributed by atoms with Gasteiger partial charge in [-0.15, -0.1) is 17.1 Å². The van der Waals surface area contributed by atoms with Gasteiger partial charge in [-0.05, 0) is 23.3 Å². The standard InChI is InChI=1S/C20H12O4S.2Na/c21-11-5-7-15-17(9-11)25-18-10-12(22)6-8-16(18)19(15)13-3-1-2-4-14(13)20(23)24;;/h1-10,21H,(H,23,24);;/q;2*+1/p-2. The molecule has 0 bridgehead atoms. The summed E-state index contributed by atoms with van der Waals surface area (Å²) < 4.78 is 0.703. The van der Waals surface area contributed by atoms with Gasteiger partial charge < -0.3 is 15.0 Å². The second-order valence-electron chi connectivity index (χ2n) is 5.63. The molecule has 4 rings (SSSR count). The third-order valence-electron chi connectivity index (χ3n) is 4.08. The summed E-state index contributed by atoms with van der Waals surface area (Å²) in [5, 5.41) is 24.1. The van der Waals surface area contributed by atoms with Crippen LogP contribution in [0.1, 0.15) is 10.4 Å². The number of benzene rings is 3. The van der Waals surface area contributed by atoms with Gasteiger partial charge in [0.15, 0.2) is 5.43 Å². The molecule has 0 radical (unpaired) electrons. The molecule has 0 saturated carbocycles. The molecule has 0 atom stereocenters. The molecule has 0 amide bonds. The summed E-state index contributed by atoms with van der Waals surface area (Å²) in [6.45, 7) is 0. The molecule has 7 heteroatoms. The van der Waals surface area contributed by atoms with Crippen molar-refractivity contribution >= 4 is 27.4 Å². The SMILES string of the molecule is O=C([O-])c1ccccc1-c1c2ccc(=O)cc-2sc2cc([O-])ccc12.[Na+].[Na+]. The summed E-state index contributed by atoms with van der Waals surface area (Å²) in [6.07, 6.45) is 0. The van der Waals surface area contributed by atoms with Crippen LogP contribution in [0.25, 0.3) is 31.7 Å². The monoisotopic (exact) mass is 392 g/mol. The molecular weight excluding hydrogens is 382 g/mol. The maximum Gasteiger partial charge on any atom is 1.00 e. The van der Waals surface area contributed by atoms with Crippen LogP contribution in [-0.2, 0) is 0 Å². The van der Waals surface area contributed by atoms with E-state index in [1.807, 2.05) is 0 Å². The molecule has 0 fully saturated rings. The van der Waals surface area contributed by atoms with Gasteiger partial charge in [0.25, 0.3) is 0 Å². The van der Waals surface area contributed by atoms with E-state index in [-0.39, 0.29) is 75.9 Å². The second-order valence-corrected chi connectivity index (χ2v) is 6.71. The van der Waals surface area contributed by atoms with E-state index in [0.29, 0.717) is 20.7 Å². The van der Waals surface area contributed by atoms with Gasteiger partial charge in [-0.3, -0.25) is 4.79 Å². The van der Waals surface area contributed by atoms with Crippen LogP contribution in [0.5, 0.6) is 5.75 Å². The van der Waals surface area contributed by atoms with Crippen LogP contribution in [0, 0.1) is 0 Å². The molecule has 1 aliphatic carbocycles. The van der Waals surface area contributed by atoms with Crippen LogP contribution in [0.3, 0.4) is 0 Å². The Hall–Kier alpha value is -1.18. The molecule has 27 heavy (non-hydrogen) atoms. The van der Waals surface area contributed by atoms with Crippen LogP contribution < -0.4 is 74.8 Å². The fourth-order valence-corrected chi connectivity index (χ4v) is 4.17. The zero-order valence-electron chi connectivity index (χ0n) is 14.8. The fraction of sp³-hybridized carbons (Fsp3) is 0. The van der Waals surface area contributed by atoms with Crippen molar-refractivity contribution < 1.29 is 74.1 Å². The number of carbonyl (C=O) groups excluding carboxylic acids is 1. The molecule has 122 valence electrons. The van der Waals surface area contributed by atoms with Gasteiger partial charge in [0.05, 0.1) is 5.97 Å². The van der Waals surface area contributed by atoms with Crippen molar-refractivity contribution in [1.29, 1.82) is 0 Å². The van der Waals surface area contributed by atoms with E-state index in [9.17, 15) is 19.8 Å². The van der Waals surface area contributed by atoms with E-state index < -0.39 is 5.97 Å². The number of carboxylic acid groups (broad SMARTS) is 1. The molecule has 0 unspecified atom stereocenters. The maximum atomic E-state index is 11.8. The van der Waals surface area contributed by atoms with Gasteiger partial charge in [0.2, 0.25) is 0 Å². The van der Waals surface area contributed by atoms with E-state index in [2.05, 4.69) is 0 Å². The van der Waals surface area contributed by atoms with E-state index >= 15 is 0 Å². The van der Waals surface area contributed by atoms with E-state index in [0.717, 1.165) is 10.9 Å². The Morgan fingerprint density at radius 1 is 0.889 bits per heavy atom. The van der Waals surface area contributed by atoms with Crippen LogP contribution in [-0.4, -0.2) is 5.97 Å². The van der Waals surface area contributed by atoms with E-state index in [4.69, 9.17) is 0 Å². The first kappa shape index (κ1) is 22.1. The first-order valence-corrected chi connectivity index (χ1v) is 8.34. The molecule has 1 heterocycles. The van der Waals surface area contributed by atoms with E-state index in [1.54, 1.807) is 30.3 Å². The van der Waals surface area contributed by atoms with Crippen molar-refractivity contribution in [3.05, 3.63) is 76.5 Å². The van der Waals surface area contributed by atoms with Crippen LogP contribution in [0.15, 0.2) is 65.5 Å². The number of carbonyl (C=O) groups is 1. The Labute approximate surface area is 203 Å². The molecule has 0 aromatic heterocycles. The number of hydrogen-bond acceptors (Lipinski definition) is 5. The largest absolute Gasteiger partial charge is 1.00 e. The third kappa shape index (κ3) is 4.15. The molecule has 1 aliphatic heterocycles. The molecule has 4 nitrogen and oxygen atoms in total. The summed E-state index contributed by atoms with van der Waals surface area (Å²) in [7, 11) is 0. The minimum absolute atomic E-state index is 0. The van der Waals surface area contributed by atoms with Gasteiger partial charge in [-0.2, -0.15) is 0 Å². The average Bonchev–Trinajstić information content (AvgIpc) is 2.59. The van der Waals surface area contributed by atoms with Crippen LogP contribution in [0.4, 0.5) is 0 Å². The number of hydrogen-bond donors (Lipinski definition) is 0. The van der Waals surface area contributed by atoms with Crippen LogP contribution >= 0.6 is 11.3 Å². The molecule has 0 N–H and O–H groups in total. The second kappa shape index (κ2) is 8.88. The van der Waals surface area contributed by atoms with Gasteiger partial charge in [-0.25, -0.2) is 0 Å². The number of carboxylic acids is 1. The van der Waals surface area contributed by atoms with Gasteiger partial charge in [0.1, 0.15) is 0 Å². The number of fused-ring (bicyclic) bond motifs is 2. The average molecular weight is 392 g/mol. The van der Waals surface area contributed by atoms with Crippen LogP contribution in [0.2, 0.25) is 0 Å². The van der Waals surface area contributed by atoms with E-state index in [1.165, 1.54) is 41.7 Å². The predicted octanol–water partition coefficient (Wildman–Crippen LogP) is -3.52. The summed E-state index contributed by atoms with van der Waals surface area (Å²) in [5.41, 5.74) is 1.88.